The van der Waals surface area contributed by atoms with Gasteiger partial charge in [-0.3, -0.25) is 0 Å². The van der Waals surface area contributed by atoms with Crippen LogP contribution >= 0.6 is 34.8 Å². The van der Waals surface area contributed by atoms with Crippen LogP contribution in [0.1, 0.15) is 0 Å². The highest BCUT2D eigenvalue weighted by Crippen LogP contribution is 2.37. The minimum atomic E-state index is 0.451. The van der Waals surface area contributed by atoms with Crippen LogP contribution in [0.2, 0.25) is 15.1 Å². The molecule has 0 atom stereocenters. The Hall–Kier alpha value is -0.950. The van der Waals surface area contributed by atoms with E-state index in [4.69, 9.17) is 34.8 Å². The summed E-state index contributed by atoms with van der Waals surface area (Å²) in [5.41, 5.74) is 0. The van der Waals surface area contributed by atoms with E-state index in [1.54, 1.807) is 0 Å². The fourth-order valence-electron chi connectivity index (χ4n) is 1.98. The molecule has 0 heterocycles. The zero-order valence-corrected chi connectivity index (χ0v) is 10.8. The molecule has 0 aliphatic carbocycles. The maximum Gasteiger partial charge on any atom is 0.0594 e. The molecular formula is C14H5Cl3. The van der Waals surface area contributed by atoms with Crippen molar-refractivity contribution in [2.24, 2.45) is 0 Å². The van der Waals surface area contributed by atoms with E-state index in [1.807, 2.05) is 30.3 Å². The molecule has 0 bridgehead atoms. The fourth-order valence-corrected chi connectivity index (χ4v) is 2.90. The van der Waals surface area contributed by atoms with Crippen molar-refractivity contribution in [3.8, 4) is 0 Å². The molecule has 2 radical (unpaired) electrons. The monoisotopic (exact) mass is 278 g/mol. The number of hydrogen-bond acceptors (Lipinski definition) is 0. The van der Waals surface area contributed by atoms with E-state index in [1.165, 1.54) is 0 Å². The van der Waals surface area contributed by atoms with E-state index in [-0.39, 0.29) is 0 Å². The van der Waals surface area contributed by atoms with Crippen molar-refractivity contribution in [3.63, 3.8) is 0 Å². The molecule has 3 aromatic rings. The van der Waals surface area contributed by atoms with E-state index >= 15 is 0 Å². The summed E-state index contributed by atoms with van der Waals surface area (Å²) >= 11 is 18.4. The quantitative estimate of drug-likeness (QED) is 0.473. The van der Waals surface area contributed by atoms with Crippen LogP contribution in [0.25, 0.3) is 21.5 Å². The third-order valence-electron chi connectivity index (χ3n) is 2.70. The maximum atomic E-state index is 6.23. The van der Waals surface area contributed by atoms with Gasteiger partial charge in [0.25, 0.3) is 0 Å². The molecule has 0 aliphatic rings. The molecule has 0 aromatic heterocycles. The van der Waals surface area contributed by atoms with Crippen LogP contribution in [-0.2, 0) is 0 Å². The highest BCUT2D eigenvalue weighted by Gasteiger charge is 2.09. The summed E-state index contributed by atoms with van der Waals surface area (Å²) in [7, 11) is 0. The molecule has 17 heavy (non-hydrogen) atoms. The molecule has 0 N–H and O–H groups in total. The van der Waals surface area contributed by atoms with Crippen molar-refractivity contribution in [3.05, 3.63) is 57.5 Å². The van der Waals surface area contributed by atoms with Crippen LogP contribution < -0.4 is 0 Å². The van der Waals surface area contributed by atoms with E-state index in [0.29, 0.717) is 15.1 Å². The van der Waals surface area contributed by atoms with Gasteiger partial charge < -0.3 is 0 Å². The van der Waals surface area contributed by atoms with Crippen LogP contribution in [0.4, 0.5) is 0 Å². The second-order valence-corrected chi connectivity index (χ2v) is 4.92. The smallest absolute Gasteiger partial charge is 0.0594 e. The summed E-state index contributed by atoms with van der Waals surface area (Å²) in [5.74, 6) is 0. The van der Waals surface area contributed by atoms with Gasteiger partial charge in [0.05, 0.1) is 15.1 Å². The SMILES string of the molecule is Clc1[c]c(Cl)c2c(Cl)cc3c[c]ccc3c2c1. The first-order valence-electron chi connectivity index (χ1n) is 4.96. The number of halogens is 3. The van der Waals surface area contributed by atoms with Crippen LogP contribution in [0, 0.1) is 12.1 Å². The summed E-state index contributed by atoms with van der Waals surface area (Å²) in [6.45, 7) is 0. The molecule has 3 heteroatoms. The largest absolute Gasteiger partial charge is 0.0836 e. The van der Waals surface area contributed by atoms with Gasteiger partial charge in [0.1, 0.15) is 0 Å². The van der Waals surface area contributed by atoms with E-state index in [9.17, 15) is 0 Å². The van der Waals surface area contributed by atoms with Gasteiger partial charge in [-0.2, -0.15) is 0 Å². The first-order valence-corrected chi connectivity index (χ1v) is 6.09. The van der Waals surface area contributed by atoms with Gasteiger partial charge in [-0.1, -0.05) is 46.9 Å². The van der Waals surface area contributed by atoms with Crippen LogP contribution in [-0.4, -0.2) is 0 Å². The summed E-state index contributed by atoms with van der Waals surface area (Å²) in [6.07, 6.45) is 0. The maximum absolute atomic E-state index is 6.23. The van der Waals surface area contributed by atoms with Crippen molar-refractivity contribution in [2.45, 2.75) is 0 Å². The lowest BCUT2D eigenvalue weighted by Crippen LogP contribution is -1.81. The molecule has 0 fully saturated rings. The molecule has 0 nitrogen and oxygen atoms in total. The molecular weight excluding hydrogens is 275 g/mol. The van der Waals surface area contributed by atoms with E-state index in [0.717, 1.165) is 21.5 Å². The van der Waals surface area contributed by atoms with Gasteiger partial charge in [0, 0.05) is 11.5 Å². The zero-order valence-electron chi connectivity index (χ0n) is 8.52. The standard InChI is InChI=1S/C14H5Cl3/c15-9-6-11-10-4-2-1-3-8(10)5-12(16)14(11)13(17)7-9/h2-6H. The van der Waals surface area contributed by atoms with Gasteiger partial charge in [-0.05, 0) is 40.4 Å². The topological polar surface area (TPSA) is 0 Å². The van der Waals surface area contributed by atoms with Gasteiger partial charge in [0.15, 0.2) is 0 Å². The predicted molar refractivity (Wildman–Crippen MR) is 74.2 cm³/mol. The molecule has 0 saturated heterocycles. The second-order valence-electron chi connectivity index (χ2n) is 3.73. The Balaban J connectivity index is 2.64. The average Bonchev–Trinajstić information content (AvgIpc) is 2.28. The lowest BCUT2D eigenvalue weighted by molar-refractivity contribution is 1.74. The normalized spacial score (nSPS) is 11.2. The highest BCUT2D eigenvalue weighted by molar-refractivity contribution is 6.45. The fraction of sp³-hybridized carbons (Fsp3) is 0. The first-order chi connectivity index (χ1) is 8.16. The average molecular weight is 280 g/mol. The summed E-state index contributed by atoms with van der Waals surface area (Å²) < 4.78 is 0. The number of hydrogen-bond donors (Lipinski definition) is 0. The molecule has 0 saturated carbocycles. The molecule has 0 aliphatic heterocycles. The van der Waals surface area contributed by atoms with Crippen molar-refractivity contribution in [1.82, 2.24) is 0 Å². The summed E-state index contributed by atoms with van der Waals surface area (Å²) in [5, 5.41) is 5.34. The van der Waals surface area contributed by atoms with Gasteiger partial charge in [0.2, 0.25) is 0 Å². The van der Waals surface area contributed by atoms with Crippen LogP contribution in [0.3, 0.4) is 0 Å². The molecule has 0 amide bonds. The third-order valence-corrected chi connectivity index (χ3v) is 3.48. The Morgan fingerprint density at radius 3 is 2.65 bits per heavy atom. The Bertz CT molecular complexity index is 732. The molecule has 0 unspecified atom stereocenters. The Kier molecular flexibility index (Phi) is 2.67. The van der Waals surface area contributed by atoms with Crippen LogP contribution in [0.5, 0.6) is 0 Å². The van der Waals surface area contributed by atoms with Gasteiger partial charge in [-0.15, -0.1) is 0 Å². The molecule has 0 spiro atoms. The Morgan fingerprint density at radius 1 is 1.00 bits per heavy atom. The first kappa shape index (κ1) is 11.2. The number of benzene rings is 3. The second kappa shape index (κ2) is 4.06. The summed E-state index contributed by atoms with van der Waals surface area (Å²) in [6, 6.07) is 15.3. The van der Waals surface area contributed by atoms with Gasteiger partial charge >= 0.3 is 0 Å². The predicted octanol–water partition coefficient (Wildman–Crippen LogP) is 5.55. The van der Waals surface area contributed by atoms with Crippen molar-refractivity contribution in [2.75, 3.05) is 0 Å². The lowest BCUT2D eigenvalue weighted by atomic mass is 10.0. The third kappa shape index (κ3) is 1.77. The minimum Gasteiger partial charge on any atom is -0.0836 e. The highest BCUT2D eigenvalue weighted by atomic mass is 35.5. The lowest BCUT2D eigenvalue weighted by Gasteiger charge is -2.08. The number of fused-ring (bicyclic) bond motifs is 3. The van der Waals surface area contributed by atoms with Crippen molar-refractivity contribution in [1.29, 1.82) is 0 Å². The summed E-state index contributed by atoms with van der Waals surface area (Å²) in [4.78, 5) is 0. The van der Waals surface area contributed by atoms with Crippen molar-refractivity contribution < 1.29 is 0 Å². The Labute approximate surface area is 114 Å². The molecule has 82 valence electrons. The van der Waals surface area contributed by atoms with E-state index in [2.05, 4.69) is 12.1 Å². The minimum absolute atomic E-state index is 0.451. The molecule has 3 rings (SSSR count). The van der Waals surface area contributed by atoms with Crippen molar-refractivity contribution >= 4 is 56.3 Å². The number of rotatable bonds is 0. The zero-order chi connectivity index (χ0) is 12.0. The van der Waals surface area contributed by atoms with E-state index < -0.39 is 0 Å². The van der Waals surface area contributed by atoms with Crippen LogP contribution in [0.15, 0.2) is 30.3 Å². The van der Waals surface area contributed by atoms with Gasteiger partial charge in [-0.25, -0.2) is 0 Å². The molecule has 3 aromatic carbocycles. The Morgan fingerprint density at radius 2 is 1.82 bits per heavy atom.